The normalized spacial score (nSPS) is 15.4. The lowest BCUT2D eigenvalue weighted by Gasteiger charge is -2.37. The third kappa shape index (κ3) is 6.21. The van der Waals surface area contributed by atoms with Gasteiger partial charge in [-0.05, 0) is 78.4 Å². The molecule has 0 N–H and O–H groups in total. The third-order valence-electron chi connectivity index (χ3n) is 9.27. The number of benzene rings is 2. The molecular formula is C35H41FN4O3Si. The summed E-state index contributed by atoms with van der Waals surface area (Å²) >= 11 is 0. The van der Waals surface area contributed by atoms with Crippen LogP contribution in [0.3, 0.4) is 0 Å². The summed E-state index contributed by atoms with van der Waals surface area (Å²) in [6, 6.07) is 16.9. The van der Waals surface area contributed by atoms with Gasteiger partial charge in [-0.15, -0.1) is 0 Å². The highest BCUT2D eigenvalue weighted by Gasteiger charge is 2.38. The molecule has 7 nitrogen and oxygen atoms in total. The van der Waals surface area contributed by atoms with Gasteiger partial charge in [0.2, 0.25) is 0 Å². The maximum Gasteiger partial charge on any atom is 0.272 e. The largest absolute Gasteiger partial charge is 0.489 e. The molecule has 9 heteroatoms. The summed E-state index contributed by atoms with van der Waals surface area (Å²) in [4.78, 5) is 20.0. The van der Waals surface area contributed by atoms with Crippen LogP contribution in [-0.4, -0.2) is 53.6 Å². The zero-order valence-electron chi connectivity index (χ0n) is 26.3. The van der Waals surface area contributed by atoms with Gasteiger partial charge in [-0.25, -0.2) is 4.39 Å². The molecule has 1 fully saturated rings. The van der Waals surface area contributed by atoms with Gasteiger partial charge in [0.1, 0.15) is 29.6 Å². The highest BCUT2D eigenvalue weighted by Crippen LogP contribution is 2.41. The van der Waals surface area contributed by atoms with E-state index in [0.717, 1.165) is 40.8 Å². The molecule has 0 unspecified atom stereocenters. The van der Waals surface area contributed by atoms with E-state index in [4.69, 9.17) is 14.3 Å². The number of carbonyl (C=O) groups is 1. The van der Waals surface area contributed by atoms with Crippen molar-refractivity contribution in [3.05, 3.63) is 89.6 Å². The lowest BCUT2D eigenvalue weighted by molar-refractivity contribution is 0.0666. The molecule has 2 aromatic carbocycles. The Labute approximate surface area is 260 Å². The topological polar surface area (TPSA) is 69.5 Å². The molecule has 1 amide bonds. The van der Waals surface area contributed by atoms with Gasteiger partial charge in [0.25, 0.3) is 5.91 Å². The summed E-state index contributed by atoms with van der Waals surface area (Å²) in [7, 11) is -1.92. The summed E-state index contributed by atoms with van der Waals surface area (Å²) in [5.74, 6) is 0.857. The molecule has 1 saturated carbocycles. The molecule has 0 bridgehead atoms. The van der Waals surface area contributed by atoms with Crippen molar-refractivity contribution in [1.29, 1.82) is 0 Å². The Morgan fingerprint density at radius 2 is 1.70 bits per heavy atom. The number of hydrogen-bond donors (Lipinski definition) is 0. The Kier molecular flexibility index (Phi) is 8.19. The number of amides is 1. The van der Waals surface area contributed by atoms with Crippen LogP contribution >= 0.6 is 0 Å². The van der Waals surface area contributed by atoms with E-state index in [-0.39, 0.29) is 23.4 Å². The Hall–Kier alpha value is -3.82. The van der Waals surface area contributed by atoms with E-state index >= 15 is 0 Å². The smallest absolute Gasteiger partial charge is 0.272 e. The van der Waals surface area contributed by atoms with E-state index in [0.29, 0.717) is 49.2 Å². The van der Waals surface area contributed by atoms with E-state index in [2.05, 4.69) is 38.8 Å². The van der Waals surface area contributed by atoms with E-state index in [1.165, 1.54) is 0 Å². The maximum atomic E-state index is 14.7. The Bertz CT molecular complexity index is 1640. The average Bonchev–Trinajstić information content (AvgIpc) is 3.78. The van der Waals surface area contributed by atoms with Crippen LogP contribution in [0, 0.1) is 5.82 Å². The van der Waals surface area contributed by atoms with Crippen molar-refractivity contribution in [3.63, 3.8) is 0 Å². The molecule has 0 atom stereocenters. The minimum Gasteiger partial charge on any atom is -0.489 e. The fraction of sp³-hybridized carbons (Fsp3) is 0.400. The summed E-state index contributed by atoms with van der Waals surface area (Å²) in [6.07, 6.45) is 5.74. The second-order valence-corrected chi connectivity index (χ2v) is 18.2. The fourth-order valence-electron chi connectivity index (χ4n) is 5.36. The number of fused-ring (bicyclic) bond motifs is 1. The van der Waals surface area contributed by atoms with Gasteiger partial charge < -0.3 is 14.1 Å². The van der Waals surface area contributed by atoms with E-state index in [9.17, 15) is 9.18 Å². The van der Waals surface area contributed by atoms with Crippen molar-refractivity contribution in [3.8, 4) is 28.1 Å². The van der Waals surface area contributed by atoms with E-state index < -0.39 is 8.32 Å². The lowest BCUT2D eigenvalue weighted by Crippen LogP contribution is -2.46. The van der Waals surface area contributed by atoms with E-state index in [1.807, 2.05) is 58.1 Å². The van der Waals surface area contributed by atoms with Crippen molar-refractivity contribution in [2.75, 3.05) is 19.7 Å². The van der Waals surface area contributed by atoms with Crippen molar-refractivity contribution in [1.82, 2.24) is 19.7 Å². The molecule has 1 aliphatic carbocycles. The number of rotatable bonds is 10. The van der Waals surface area contributed by atoms with Crippen LogP contribution in [0.1, 0.15) is 61.1 Å². The average molecular weight is 613 g/mol. The summed E-state index contributed by atoms with van der Waals surface area (Å²) in [5.41, 5.74) is 5.45. The van der Waals surface area contributed by atoms with Gasteiger partial charge in [0, 0.05) is 42.2 Å². The quantitative estimate of drug-likeness (QED) is 0.172. The standard InChI is InChI=1S/C35H41FN4O3Si/c1-35(2,3)44(4,5)43-21-20-39-18-19-40-33(34(39)41)31(32(38-40)26-14-16-37-17-15-26)25-10-12-29(13-11-25)42-23-28-9-8-27(22-30(28)36)24-6-7-24/h8-17,22,24H,6-7,18-21,23H2,1-5H3. The minimum atomic E-state index is -1.92. The van der Waals surface area contributed by atoms with Crippen molar-refractivity contribution in [2.24, 2.45) is 0 Å². The lowest BCUT2D eigenvalue weighted by atomic mass is 9.98. The Balaban J connectivity index is 1.23. The number of nitrogens with zero attached hydrogens (tertiary/aromatic N) is 4. The number of ether oxygens (including phenoxy) is 1. The molecule has 3 heterocycles. The Morgan fingerprint density at radius 3 is 2.36 bits per heavy atom. The molecule has 4 aromatic rings. The van der Waals surface area contributed by atoms with Crippen molar-refractivity contribution >= 4 is 14.2 Å². The van der Waals surface area contributed by atoms with Crippen LogP contribution in [0.4, 0.5) is 4.39 Å². The van der Waals surface area contributed by atoms with Gasteiger partial charge in [0.15, 0.2) is 8.32 Å². The molecule has 44 heavy (non-hydrogen) atoms. The van der Waals surface area contributed by atoms with Gasteiger partial charge >= 0.3 is 0 Å². The summed E-state index contributed by atoms with van der Waals surface area (Å²) < 4.78 is 28.9. The summed E-state index contributed by atoms with van der Waals surface area (Å²) in [6.45, 7) is 13.5. The summed E-state index contributed by atoms with van der Waals surface area (Å²) in [5, 5.41) is 5.02. The first kappa shape index (κ1) is 30.2. The number of aromatic nitrogens is 3. The number of carbonyl (C=O) groups excluding carboxylic acids is 1. The predicted molar refractivity (Wildman–Crippen MR) is 173 cm³/mol. The molecule has 0 spiro atoms. The second-order valence-electron chi connectivity index (χ2n) is 13.4. The highest BCUT2D eigenvalue weighted by atomic mass is 28.4. The molecular weight excluding hydrogens is 571 g/mol. The van der Waals surface area contributed by atoms with Gasteiger partial charge in [-0.3, -0.25) is 14.5 Å². The van der Waals surface area contributed by atoms with Gasteiger partial charge in [-0.2, -0.15) is 5.10 Å². The Morgan fingerprint density at radius 1 is 0.977 bits per heavy atom. The van der Waals surface area contributed by atoms with E-state index in [1.54, 1.807) is 18.5 Å². The van der Waals surface area contributed by atoms with Gasteiger partial charge in [0.05, 0.1) is 13.2 Å². The number of pyridine rings is 1. The SMILES string of the molecule is CC(C)(C)[Si](C)(C)OCCN1CCn2nc(-c3ccncc3)c(-c3ccc(OCc4ccc(C5CC5)cc4F)cc3)c2C1=O. The van der Waals surface area contributed by atoms with Crippen molar-refractivity contribution < 1.29 is 18.3 Å². The molecule has 230 valence electrons. The van der Waals surface area contributed by atoms with Crippen LogP contribution < -0.4 is 4.74 Å². The zero-order valence-corrected chi connectivity index (χ0v) is 27.3. The second kappa shape index (κ2) is 11.9. The van der Waals surface area contributed by atoms with Gasteiger partial charge in [-0.1, -0.05) is 45.0 Å². The molecule has 1 aliphatic heterocycles. The first-order valence-corrected chi connectivity index (χ1v) is 18.4. The molecule has 2 aromatic heterocycles. The fourth-order valence-corrected chi connectivity index (χ4v) is 6.40. The minimum absolute atomic E-state index is 0.0525. The van der Waals surface area contributed by atoms with Crippen LogP contribution in [0.15, 0.2) is 67.0 Å². The number of halogens is 1. The van der Waals surface area contributed by atoms with Crippen LogP contribution in [0.5, 0.6) is 5.75 Å². The molecule has 6 rings (SSSR count). The number of hydrogen-bond acceptors (Lipinski definition) is 5. The first-order valence-electron chi connectivity index (χ1n) is 15.5. The molecule has 2 aliphatic rings. The van der Waals surface area contributed by atoms with Crippen molar-refractivity contribution in [2.45, 2.75) is 70.8 Å². The molecule has 0 saturated heterocycles. The maximum absolute atomic E-state index is 14.7. The third-order valence-corrected chi connectivity index (χ3v) is 13.8. The van der Waals surface area contributed by atoms with Crippen LogP contribution in [0.25, 0.3) is 22.4 Å². The highest BCUT2D eigenvalue weighted by molar-refractivity contribution is 6.74. The zero-order chi connectivity index (χ0) is 31.1. The predicted octanol–water partition coefficient (Wildman–Crippen LogP) is 7.69. The molecule has 0 radical (unpaired) electrons. The van der Waals surface area contributed by atoms with Crippen LogP contribution in [0.2, 0.25) is 18.1 Å². The first-order chi connectivity index (χ1) is 21.0. The monoisotopic (exact) mass is 612 g/mol. The van der Waals surface area contributed by atoms with Crippen LogP contribution in [-0.2, 0) is 17.6 Å².